The highest BCUT2D eigenvalue weighted by Crippen LogP contribution is 2.17. The SMILES string of the molecule is CC/C(=C/COC(C)=O)Oc1cc(CCCCc2ccoc2)oc(=O)c1. The fourth-order valence-corrected chi connectivity index (χ4v) is 2.41. The third-order valence-corrected chi connectivity index (χ3v) is 3.71. The molecule has 0 spiro atoms. The number of unbranched alkanes of at least 4 members (excludes halogenated alkanes) is 1. The minimum Gasteiger partial charge on any atom is -0.472 e. The molecule has 26 heavy (non-hydrogen) atoms. The zero-order valence-corrected chi connectivity index (χ0v) is 15.2. The Hall–Kier alpha value is -2.76. The predicted octanol–water partition coefficient (Wildman–Crippen LogP) is 4.03. The Morgan fingerprint density at radius 1 is 1.23 bits per heavy atom. The fraction of sp³-hybridized carbons (Fsp3) is 0.400. The molecule has 0 aliphatic carbocycles. The van der Waals surface area contributed by atoms with E-state index >= 15 is 0 Å². The van der Waals surface area contributed by atoms with Crippen LogP contribution in [-0.4, -0.2) is 12.6 Å². The number of hydrogen-bond acceptors (Lipinski definition) is 6. The summed E-state index contributed by atoms with van der Waals surface area (Å²) in [5.41, 5.74) is 0.719. The normalized spacial score (nSPS) is 11.4. The summed E-state index contributed by atoms with van der Waals surface area (Å²) in [6, 6.07) is 4.99. The van der Waals surface area contributed by atoms with Gasteiger partial charge >= 0.3 is 11.6 Å². The van der Waals surface area contributed by atoms with Crippen molar-refractivity contribution in [1.29, 1.82) is 0 Å². The molecule has 0 N–H and O–H groups in total. The summed E-state index contributed by atoms with van der Waals surface area (Å²) in [5, 5.41) is 0. The molecule has 0 saturated carbocycles. The van der Waals surface area contributed by atoms with Gasteiger partial charge in [-0.15, -0.1) is 0 Å². The number of hydrogen-bond donors (Lipinski definition) is 0. The highest BCUT2D eigenvalue weighted by atomic mass is 16.5. The first-order valence-corrected chi connectivity index (χ1v) is 8.72. The van der Waals surface area contributed by atoms with Crippen LogP contribution in [0.15, 0.2) is 56.2 Å². The summed E-state index contributed by atoms with van der Waals surface area (Å²) in [4.78, 5) is 22.6. The molecule has 0 fully saturated rings. The standard InChI is InChI=1S/C20H24O6/c1-3-17(9-11-24-15(2)21)25-19-12-18(26-20(22)13-19)7-5-4-6-16-8-10-23-14-16/h8-10,12-14H,3-7,11H2,1-2H3/b17-9-. The van der Waals surface area contributed by atoms with Gasteiger partial charge in [0.15, 0.2) is 0 Å². The largest absolute Gasteiger partial charge is 0.472 e. The molecule has 2 aromatic heterocycles. The van der Waals surface area contributed by atoms with E-state index in [1.165, 1.54) is 13.0 Å². The zero-order chi connectivity index (χ0) is 18.8. The number of rotatable bonds is 10. The molecule has 0 bridgehead atoms. The lowest BCUT2D eigenvalue weighted by Crippen LogP contribution is -2.05. The van der Waals surface area contributed by atoms with E-state index in [0.29, 0.717) is 30.1 Å². The van der Waals surface area contributed by atoms with Gasteiger partial charge in [-0.2, -0.15) is 0 Å². The molecule has 140 valence electrons. The molecular formula is C20H24O6. The van der Waals surface area contributed by atoms with Crippen LogP contribution >= 0.6 is 0 Å². The summed E-state index contributed by atoms with van der Waals surface area (Å²) in [6.07, 6.45) is 9.14. The summed E-state index contributed by atoms with van der Waals surface area (Å²) in [5.74, 6) is 1.30. The molecule has 0 saturated heterocycles. The molecule has 0 unspecified atom stereocenters. The molecule has 2 heterocycles. The maximum absolute atomic E-state index is 11.8. The Labute approximate surface area is 152 Å². The zero-order valence-electron chi connectivity index (χ0n) is 15.2. The maximum atomic E-state index is 11.8. The summed E-state index contributed by atoms with van der Waals surface area (Å²) in [6.45, 7) is 3.41. The van der Waals surface area contributed by atoms with Gasteiger partial charge in [0.2, 0.25) is 0 Å². The third-order valence-electron chi connectivity index (χ3n) is 3.71. The van der Waals surface area contributed by atoms with Gasteiger partial charge in [0.1, 0.15) is 23.9 Å². The van der Waals surface area contributed by atoms with E-state index in [0.717, 1.165) is 24.8 Å². The van der Waals surface area contributed by atoms with E-state index in [2.05, 4.69) is 0 Å². The molecule has 6 heteroatoms. The number of furan rings is 1. The predicted molar refractivity (Wildman–Crippen MR) is 96.0 cm³/mol. The van der Waals surface area contributed by atoms with Crippen molar-refractivity contribution >= 4 is 5.97 Å². The van der Waals surface area contributed by atoms with Crippen LogP contribution in [0.25, 0.3) is 0 Å². The van der Waals surface area contributed by atoms with Crippen LogP contribution in [0.4, 0.5) is 0 Å². The van der Waals surface area contributed by atoms with Crippen LogP contribution in [-0.2, 0) is 22.4 Å². The van der Waals surface area contributed by atoms with Crippen molar-refractivity contribution in [2.75, 3.05) is 6.61 Å². The van der Waals surface area contributed by atoms with Crippen LogP contribution in [0, 0.1) is 0 Å². The second-order valence-electron chi connectivity index (χ2n) is 5.85. The third kappa shape index (κ3) is 7.01. The highest BCUT2D eigenvalue weighted by Gasteiger charge is 2.06. The number of ether oxygens (including phenoxy) is 2. The van der Waals surface area contributed by atoms with Crippen LogP contribution in [0.1, 0.15) is 44.4 Å². The molecular weight excluding hydrogens is 336 g/mol. The van der Waals surface area contributed by atoms with E-state index in [9.17, 15) is 9.59 Å². The quantitative estimate of drug-likeness (QED) is 0.361. The first kappa shape index (κ1) is 19.6. The van der Waals surface area contributed by atoms with Gasteiger partial charge in [-0.05, 0) is 37.0 Å². The van der Waals surface area contributed by atoms with Gasteiger partial charge < -0.3 is 18.3 Å². The molecule has 2 aromatic rings. The second kappa shape index (κ2) is 10.3. The summed E-state index contributed by atoms with van der Waals surface area (Å²) in [7, 11) is 0. The van der Waals surface area contributed by atoms with E-state index in [-0.39, 0.29) is 12.6 Å². The molecule has 2 rings (SSSR count). The number of allylic oxidation sites excluding steroid dienone is 1. The molecule has 0 amide bonds. The maximum Gasteiger partial charge on any atom is 0.339 e. The molecule has 0 aliphatic rings. The van der Waals surface area contributed by atoms with Crippen molar-refractivity contribution in [3.63, 3.8) is 0 Å². The Kier molecular flexibility index (Phi) is 7.74. The first-order chi connectivity index (χ1) is 12.6. The Morgan fingerprint density at radius 3 is 2.73 bits per heavy atom. The second-order valence-corrected chi connectivity index (χ2v) is 5.85. The summed E-state index contributed by atoms with van der Waals surface area (Å²) >= 11 is 0. The molecule has 6 nitrogen and oxygen atoms in total. The monoisotopic (exact) mass is 360 g/mol. The molecule has 0 radical (unpaired) electrons. The van der Waals surface area contributed by atoms with Crippen LogP contribution < -0.4 is 10.4 Å². The fourth-order valence-electron chi connectivity index (χ4n) is 2.41. The van der Waals surface area contributed by atoms with Gasteiger partial charge in [0, 0.05) is 25.8 Å². The van der Waals surface area contributed by atoms with E-state index in [1.54, 1.807) is 24.7 Å². The Balaban J connectivity index is 1.90. The van der Waals surface area contributed by atoms with Gasteiger partial charge in [-0.1, -0.05) is 6.92 Å². The van der Waals surface area contributed by atoms with Crippen LogP contribution in [0.2, 0.25) is 0 Å². The number of esters is 1. The smallest absolute Gasteiger partial charge is 0.339 e. The molecule has 0 aromatic carbocycles. The van der Waals surface area contributed by atoms with Crippen molar-refractivity contribution in [3.05, 3.63) is 64.3 Å². The topological polar surface area (TPSA) is 78.9 Å². The van der Waals surface area contributed by atoms with E-state index in [1.807, 2.05) is 13.0 Å². The van der Waals surface area contributed by atoms with Crippen molar-refractivity contribution < 1.29 is 23.1 Å². The first-order valence-electron chi connectivity index (χ1n) is 8.72. The minimum atomic E-state index is -0.442. The van der Waals surface area contributed by atoms with Crippen molar-refractivity contribution in [3.8, 4) is 5.75 Å². The minimum absolute atomic E-state index is 0.140. The van der Waals surface area contributed by atoms with E-state index in [4.69, 9.17) is 18.3 Å². The van der Waals surface area contributed by atoms with Crippen molar-refractivity contribution in [2.45, 2.75) is 46.0 Å². The molecule has 0 atom stereocenters. The van der Waals surface area contributed by atoms with Gasteiger partial charge in [-0.25, -0.2) is 4.79 Å². The Morgan fingerprint density at radius 2 is 2.04 bits per heavy atom. The van der Waals surface area contributed by atoms with Crippen LogP contribution in [0.5, 0.6) is 5.75 Å². The van der Waals surface area contributed by atoms with E-state index < -0.39 is 5.63 Å². The summed E-state index contributed by atoms with van der Waals surface area (Å²) < 4.78 is 20.9. The van der Waals surface area contributed by atoms with Crippen molar-refractivity contribution in [2.24, 2.45) is 0 Å². The highest BCUT2D eigenvalue weighted by molar-refractivity contribution is 5.66. The molecule has 0 aliphatic heterocycles. The average Bonchev–Trinajstić information content (AvgIpc) is 3.10. The Bertz CT molecular complexity index is 770. The lowest BCUT2D eigenvalue weighted by atomic mass is 10.1. The number of carbonyl (C=O) groups excluding carboxylic acids is 1. The lowest BCUT2D eigenvalue weighted by Gasteiger charge is -2.09. The van der Waals surface area contributed by atoms with Crippen molar-refractivity contribution in [1.82, 2.24) is 0 Å². The lowest BCUT2D eigenvalue weighted by molar-refractivity contribution is -0.139. The van der Waals surface area contributed by atoms with Crippen LogP contribution in [0.3, 0.4) is 0 Å². The van der Waals surface area contributed by atoms with Gasteiger partial charge in [0.05, 0.1) is 18.6 Å². The average molecular weight is 360 g/mol. The van der Waals surface area contributed by atoms with Gasteiger partial charge in [0.25, 0.3) is 0 Å². The number of carbonyl (C=O) groups is 1. The number of aryl methyl sites for hydroxylation is 2. The van der Waals surface area contributed by atoms with Gasteiger partial charge in [-0.3, -0.25) is 4.79 Å².